The molecule has 0 spiro atoms. The van der Waals surface area contributed by atoms with Crippen LogP contribution >= 0.6 is 0 Å². The predicted molar refractivity (Wildman–Crippen MR) is 114 cm³/mol. The van der Waals surface area contributed by atoms with E-state index in [-0.39, 0.29) is 12.3 Å². The molecule has 0 unspecified atom stereocenters. The molecule has 0 aliphatic rings. The Bertz CT molecular complexity index is 1170. The predicted octanol–water partition coefficient (Wildman–Crippen LogP) is 4.90. The van der Waals surface area contributed by atoms with E-state index in [1.807, 2.05) is 41.8 Å². The highest BCUT2D eigenvalue weighted by Gasteiger charge is 2.14. The van der Waals surface area contributed by atoms with Crippen molar-refractivity contribution in [3.63, 3.8) is 0 Å². The number of fused-ring (bicyclic) bond motifs is 1. The van der Waals surface area contributed by atoms with Gasteiger partial charge in [-0.05, 0) is 50.1 Å². The SMILES string of the molecule is CCn1c(NC(=O)CCc2ncc(-c3ccc(C)c(C)c3)o2)nc2ccccc21. The first-order valence-corrected chi connectivity index (χ1v) is 9.82. The maximum absolute atomic E-state index is 12.5. The lowest BCUT2D eigenvalue weighted by molar-refractivity contribution is -0.116. The molecular formula is C23H24N4O2. The van der Waals surface area contributed by atoms with Crippen molar-refractivity contribution in [3.05, 3.63) is 65.7 Å². The van der Waals surface area contributed by atoms with E-state index in [0.717, 1.165) is 28.9 Å². The van der Waals surface area contributed by atoms with Crippen molar-refractivity contribution < 1.29 is 9.21 Å². The summed E-state index contributed by atoms with van der Waals surface area (Å²) in [6.07, 6.45) is 2.43. The minimum absolute atomic E-state index is 0.110. The molecule has 4 rings (SSSR count). The average Bonchev–Trinajstić information content (AvgIpc) is 3.32. The summed E-state index contributed by atoms with van der Waals surface area (Å²) >= 11 is 0. The maximum atomic E-state index is 12.5. The maximum Gasteiger partial charge on any atom is 0.227 e. The van der Waals surface area contributed by atoms with E-state index >= 15 is 0 Å². The molecule has 2 heterocycles. The van der Waals surface area contributed by atoms with Crippen LogP contribution in [0.5, 0.6) is 0 Å². The van der Waals surface area contributed by atoms with E-state index < -0.39 is 0 Å². The molecule has 2 aromatic carbocycles. The molecule has 6 nitrogen and oxygen atoms in total. The van der Waals surface area contributed by atoms with Crippen LogP contribution in [-0.2, 0) is 17.8 Å². The molecule has 6 heteroatoms. The van der Waals surface area contributed by atoms with Crippen molar-refractivity contribution >= 4 is 22.9 Å². The fraction of sp³-hybridized carbons (Fsp3) is 0.261. The number of carbonyl (C=O) groups excluding carboxylic acids is 1. The van der Waals surface area contributed by atoms with Crippen LogP contribution in [0.1, 0.15) is 30.4 Å². The molecular weight excluding hydrogens is 364 g/mol. The lowest BCUT2D eigenvalue weighted by atomic mass is 10.1. The Morgan fingerprint density at radius 1 is 1.14 bits per heavy atom. The number of rotatable bonds is 6. The van der Waals surface area contributed by atoms with Gasteiger partial charge < -0.3 is 8.98 Å². The first-order valence-electron chi connectivity index (χ1n) is 9.82. The average molecular weight is 388 g/mol. The third-order valence-electron chi connectivity index (χ3n) is 5.13. The number of hydrogen-bond donors (Lipinski definition) is 1. The molecule has 0 aliphatic heterocycles. The second kappa shape index (κ2) is 7.91. The van der Waals surface area contributed by atoms with Gasteiger partial charge in [0, 0.05) is 24.9 Å². The van der Waals surface area contributed by atoms with Crippen LogP contribution < -0.4 is 5.32 Å². The van der Waals surface area contributed by atoms with Crippen molar-refractivity contribution in [1.82, 2.24) is 14.5 Å². The van der Waals surface area contributed by atoms with Gasteiger partial charge in [-0.2, -0.15) is 0 Å². The van der Waals surface area contributed by atoms with Crippen molar-refractivity contribution in [2.45, 2.75) is 40.2 Å². The van der Waals surface area contributed by atoms with Crippen molar-refractivity contribution in [2.75, 3.05) is 5.32 Å². The van der Waals surface area contributed by atoms with E-state index in [1.165, 1.54) is 11.1 Å². The third-order valence-corrected chi connectivity index (χ3v) is 5.13. The number of aryl methyl sites for hydroxylation is 4. The van der Waals surface area contributed by atoms with Crippen molar-refractivity contribution in [1.29, 1.82) is 0 Å². The molecule has 0 atom stereocenters. The summed E-state index contributed by atoms with van der Waals surface area (Å²) in [6, 6.07) is 14.0. The van der Waals surface area contributed by atoms with E-state index in [1.54, 1.807) is 6.20 Å². The summed E-state index contributed by atoms with van der Waals surface area (Å²) in [7, 11) is 0. The number of hydrogen-bond acceptors (Lipinski definition) is 4. The van der Waals surface area contributed by atoms with Crippen molar-refractivity contribution in [2.24, 2.45) is 0 Å². The van der Waals surface area contributed by atoms with E-state index in [4.69, 9.17) is 4.42 Å². The summed E-state index contributed by atoms with van der Waals surface area (Å²) in [5.74, 6) is 1.73. The molecule has 0 aliphatic carbocycles. The summed E-state index contributed by atoms with van der Waals surface area (Å²) in [6.45, 7) is 6.92. The number of benzene rings is 2. The number of imidazole rings is 1. The first kappa shape index (κ1) is 18.9. The minimum Gasteiger partial charge on any atom is -0.441 e. The number of aromatic nitrogens is 3. The zero-order valence-electron chi connectivity index (χ0n) is 16.9. The van der Waals surface area contributed by atoms with Gasteiger partial charge in [0.1, 0.15) is 0 Å². The second-order valence-corrected chi connectivity index (χ2v) is 7.13. The van der Waals surface area contributed by atoms with Crippen LogP contribution in [0.3, 0.4) is 0 Å². The molecule has 148 valence electrons. The number of carbonyl (C=O) groups is 1. The fourth-order valence-corrected chi connectivity index (χ4v) is 3.35. The summed E-state index contributed by atoms with van der Waals surface area (Å²) < 4.78 is 7.84. The van der Waals surface area contributed by atoms with E-state index in [9.17, 15) is 4.79 Å². The molecule has 1 N–H and O–H groups in total. The van der Waals surface area contributed by atoms with Crippen LogP contribution in [0.4, 0.5) is 5.95 Å². The molecule has 0 saturated heterocycles. The Balaban J connectivity index is 1.42. The van der Waals surface area contributed by atoms with E-state index in [2.05, 4.69) is 41.3 Å². The Morgan fingerprint density at radius 3 is 2.76 bits per heavy atom. The fourth-order valence-electron chi connectivity index (χ4n) is 3.35. The summed E-state index contributed by atoms with van der Waals surface area (Å²) in [4.78, 5) is 21.3. The van der Waals surface area contributed by atoms with Crippen LogP contribution in [0.15, 0.2) is 53.1 Å². The highest BCUT2D eigenvalue weighted by atomic mass is 16.4. The standard InChI is InChI=1S/C23H24N4O2/c1-4-27-19-8-6-5-7-18(19)25-23(27)26-21(28)11-12-22-24-14-20(29-22)17-10-9-15(2)16(3)13-17/h5-10,13-14H,4,11-12H2,1-3H3,(H,25,26,28). The van der Waals surface area contributed by atoms with Gasteiger partial charge in [-0.25, -0.2) is 9.97 Å². The highest BCUT2D eigenvalue weighted by Crippen LogP contribution is 2.24. The monoisotopic (exact) mass is 388 g/mol. The number of para-hydroxylation sites is 2. The number of nitrogens with one attached hydrogen (secondary N) is 1. The van der Waals surface area contributed by atoms with Gasteiger partial charge in [0.05, 0.1) is 17.2 Å². The second-order valence-electron chi connectivity index (χ2n) is 7.13. The summed E-state index contributed by atoms with van der Waals surface area (Å²) in [5, 5.41) is 2.92. The third kappa shape index (κ3) is 3.92. The number of oxazole rings is 1. The molecule has 0 radical (unpaired) electrons. The largest absolute Gasteiger partial charge is 0.441 e. The Kier molecular flexibility index (Phi) is 5.16. The zero-order chi connectivity index (χ0) is 20.4. The number of nitrogens with zero attached hydrogens (tertiary/aromatic N) is 3. The molecule has 1 amide bonds. The highest BCUT2D eigenvalue weighted by molar-refractivity contribution is 5.91. The lowest BCUT2D eigenvalue weighted by Crippen LogP contribution is -2.16. The van der Waals surface area contributed by atoms with Crippen molar-refractivity contribution in [3.8, 4) is 11.3 Å². The van der Waals surface area contributed by atoms with Gasteiger partial charge in [0.25, 0.3) is 0 Å². The molecule has 4 aromatic rings. The number of amides is 1. The molecule has 0 fully saturated rings. The molecule has 2 aromatic heterocycles. The Morgan fingerprint density at radius 2 is 1.97 bits per heavy atom. The molecule has 0 saturated carbocycles. The van der Waals surface area contributed by atoms with Crippen LogP contribution in [0.2, 0.25) is 0 Å². The normalized spacial score (nSPS) is 11.1. The minimum atomic E-state index is -0.110. The molecule has 29 heavy (non-hydrogen) atoms. The van der Waals surface area contributed by atoms with Gasteiger partial charge in [-0.1, -0.05) is 24.3 Å². The van der Waals surface area contributed by atoms with Gasteiger partial charge >= 0.3 is 0 Å². The van der Waals surface area contributed by atoms with Gasteiger partial charge in [0.2, 0.25) is 11.9 Å². The first-order chi connectivity index (χ1) is 14.0. The topological polar surface area (TPSA) is 73.0 Å². The lowest BCUT2D eigenvalue weighted by Gasteiger charge is -2.07. The van der Waals surface area contributed by atoms with Gasteiger partial charge in [-0.3, -0.25) is 10.1 Å². The van der Waals surface area contributed by atoms with Crippen LogP contribution in [0, 0.1) is 13.8 Å². The molecule has 0 bridgehead atoms. The van der Waals surface area contributed by atoms with Gasteiger partial charge in [-0.15, -0.1) is 0 Å². The van der Waals surface area contributed by atoms with Crippen LogP contribution in [-0.4, -0.2) is 20.4 Å². The van der Waals surface area contributed by atoms with E-state index in [0.29, 0.717) is 18.3 Å². The van der Waals surface area contributed by atoms with Crippen LogP contribution in [0.25, 0.3) is 22.4 Å². The quantitative estimate of drug-likeness (QED) is 0.510. The summed E-state index contributed by atoms with van der Waals surface area (Å²) in [5.41, 5.74) is 5.32. The smallest absolute Gasteiger partial charge is 0.227 e. The van der Waals surface area contributed by atoms with Gasteiger partial charge in [0.15, 0.2) is 11.7 Å². The number of anilines is 1. The Labute approximate surface area is 169 Å². The Hall–Kier alpha value is -3.41. The zero-order valence-corrected chi connectivity index (χ0v) is 16.9.